The van der Waals surface area contributed by atoms with E-state index in [0.717, 1.165) is 16.7 Å². The van der Waals surface area contributed by atoms with Gasteiger partial charge in [-0.25, -0.2) is 4.79 Å². The zero-order valence-electron chi connectivity index (χ0n) is 26.7. The Labute approximate surface area is 268 Å². The first kappa shape index (κ1) is 31.2. The largest absolute Gasteiger partial charge is 0.493 e. The Morgan fingerprint density at radius 3 is 2.04 bits per heavy atom. The summed E-state index contributed by atoms with van der Waals surface area (Å²) in [6.07, 6.45) is 2.90. The van der Waals surface area contributed by atoms with Crippen molar-refractivity contribution < 1.29 is 28.6 Å². The third-order valence-corrected chi connectivity index (χ3v) is 9.04. The normalized spacial score (nSPS) is 18.6. The van der Waals surface area contributed by atoms with Crippen LogP contribution in [0.15, 0.2) is 72.9 Å². The van der Waals surface area contributed by atoms with Gasteiger partial charge in [-0.3, -0.25) is 19.5 Å². The summed E-state index contributed by atoms with van der Waals surface area (Å²) in [5, 5.41) is 4.00. The topological polar surface area (TPSA) is 107 Å². The van der Waals surface area contributed by atoms with Gasteiger partial charge in [0.05, 0.1) is 18.0 Å². The van der Waals surface area contributed by atoms with E-state index < -0.39 is 11.5 Å². The summed E-state index contributed by atoms with van der Waals surface area (Å²) in [5.74, 6) is 1.77. The minimum atomic E-state index is -0.857. The summed E-state index contributed by atoms with van der Waals surface area (Å²) in [6, 6.07) is 20.4. The Bertz CT molecular complexity index is 1750. The molecule has 1 aliphatic carbocycles. The van der Waals surface area contributed by atoms with Gasteiger partial charge in [-0.2, -0.15) is 0 Å². The molecule has 0 unspecified atom stereocenters. The van der Waals surface area contributed by atoms with E-state index in [1.807, 2.05) is 69.3 Å². The molecule has 1 aromatic heterocycles. The van der Waals surface area contributed by atoms with Crippen LogP contribution in [0, 0.1) is 12.3 Å². The second-order valence-corrected chi connectivity index (χ2v) is 12.5. The lowest BCUT2D eigenvalue weighted by Gasteiger charge is -2.38. The molecular weight excluding hydrogens is 582 g/mol. The van der Waals surface area contributed by atoms with E-state index in [2.05, 4.69) is 10.3 Å². The monoisotopic (exact) mass is 621 g/mol. The van der Waals surface area contributed by atoms with Crippen LogP contribution in [0.5, 0.6) is 23.0 Å². The maximum atomic E-state index is 13.3. The number of nitrogens with one attached hydrogen (secondary N) is 1. The molecule has 1 N–H and O–H groups in total. The maximum Gasteiger partial charge on any atom is 0.415 e. The number of Topliss-reactive ketones (excluding diaryl/α,β-unsaturated/α-hetero) is 2. The molecule has 2 aliphatic rings. The lowest BCUT2D eigenvalue weighted by molar-refractivity contribution is -0.133. The number of aryl methyl sites for hydroxylation is 1. The van der Waals surface area contributed by atoms with E-state index >= 15 is 0 Å². The van der Waals surface area contributed by atoms with Gasteiger partial charge in [-0.05, 0) is 69.0 Å². The number of benzene rings is 3. The first-order chi connectivity index (χ1) is 22.2. The van der Waals surface area contributed by atoms with Gasteiger partial charge in [0.1, 0.15) is 11.5 Å². The Balaban J connectivity index is 1.13. The van der Waals surface area contributed by atoms with E-state index in [0.29, 0.717) is 54.1 Å². The number of hydrogen-bond donors (Lipinski definition) is 1. The number of amides is 1. The number of piperazine rings is 1. The van der Waals surface area contributed by atoms with Crippen molar-refractivity contribution in [1.82, 2.24) is 15.2 Å². The van der Waals surface area contributed by atoms with Crippen molar-refractivity contribution in [1.29, 1.82) is 0 Å². The molecule has 0 bridgehead atoms. The number of carbonyl (C=O) groups is 3. The van der Waals surface area contributed by atoms with Crippen molar-refractivity contribution in [3.8, 4) is 23.0 Å². The zero-order valence-corrected chi connectivity index (χ0v) is 26.7. The average Bonchev–Trinajstić information content (AvgIpc) is 3.85. The highest BCUT2D eigenvalue weighted by atomic mass is 16.6. The molecule has 1 aliphatic heterocycles. The van der Waals surface area contributed by atoms with Crippen LogP contribution in [0.4, 0.5) is 4.79 Å². The van der Waals surface area contributed by atoms with Crippen molar-refractivity contribution in [2.24, 2.45) is 5.41 Å². The van der Waals surface area contributed by atoms with E-state index in [9.17, 15) is 14.4 Å². The number of nitrogens with zero attached hydrogens (tertiary/aromatic N) is 2. The third-order valence-electron chi connectivity index (χ3n) is 9.04. The van der Waals surface area contributed by atoms with Gasteiger partial charge in [-0.1, -0.05) is 42.0 Å². The fourth-order valence-electron chi connectivity index (χ4n) is 6.15. The van der Waals surface area contributed by atoms with Crippen LogP contribution < -0.4 is 19.5 Å². The molecule has 2 heterocycles. The minimum absolute atomic E-state index is 0.00661. The fourth-order valence-corrected chi connectivity index (χ4v) is 6.15. The SMILES string of the molecule is COc1cc2c(Oc3ccc(CC(=O)C4(C(=O)Cc5ccc(C)cc5)CC4)cc3)ccnc2cc1OC(=O)N1[C@H](C)CNC[C@@H]1C. The standard InChI is InChI=1S/C37H39N3O6/c1-23-5-7-26(8-6-23)17-34(41)37(14-15-37)35(42)18-27-9-11-28(12-10-27)45-31-13-16-39-30-20-33(32(44-4)19-29(30)31)46-36(43)40-24(2)21-38-22-25(40)3/h5-13,16,19-20,24-25,38H,14-15,17-18,21-22H2,1-4H3/t24-,25+. The van der Waals surface area contributed by atoms with Gasteiger partial charge < -0.3 is 19.5 Å². The molecule has 3 aromatic carbocycles. The van der Waals surface area contributed by atoms with Crippen LogP contribution in [-0.2, 0) is 22.4 Å². The molecule has 2 fully saturated rings. The van der Waals surface area contributed by atoms with Crippen LogP contribution >= 0.6 is 0 Å². The molecule has 238 valence electrons. The van der Waals surface area contributed by atoms with Crippen molar-refractivity contribution >= 4 is 28.6 Å². The van der Waals surface area contributed by atoms with E-state index in [1.165, 1.54) is 7.11 Å². The molecule has 2 atom stereocenters. The summed E-state index contributed by atoms with van der Waals surface area (Å²) in [4.78, 5) is 45.7. The average molecular weight is 622 g/mol. The quantitative estimate of drug-likeness (QED) is 0.208. The number of rotatable bonds is 10. The van der Waals surface area contributed by atoms with Crippen molar-refractivity contribution in [3.05, 3.63) is 89.6 Å². The van der Waals surface area contributed by atoms with Gasteiger partial charge in [0, 0.05) is 55.7 Å². The van der Waals surface area contributed by atoms with E-state index in [-0.39, 0.29) is 42.2 Å². The van der Waals surface area contributed by atoms with Crippen molar-refractivity contribution in [3.63, 3.8) is 0 Å². The van der Waals surface area contributed by atoms with Crippen molar-refractivity contribution in [2.45, 2.75) is 58.5 Å². The molecule has 1 saturated carbocycles. The number of methoxy groups -OCH3 is 1. The third kappa shape index (κ3) is 6.46. The number of fused-ring (bicyclic) bond motifs is 1. The smallest absolute Gasteiger partial charge is 0.415 e. The fraction of sp³-hybridized carbons (Fsp3) is 0.351. The summed E-state index contributed by atoms with van der Waals surface area (Å²) in [6.45, 7) is 7.37. The highest BCUT2D eigenvalue weighted by Crippen LogP contribution is 2.49. The Kier molecular flexibility index (Phi) is 8.77. The Morgan fingerprint density at radius 2 is 1.46 bits per heavy atom. The lowest BCUT2D eigenvalue weighted by Crippen LogP contribution is -2.57. The first-order valence-corrected chi connectivity index (χ1v) is 15.7. The molecule has 0 radical (unpaired) electrons. The number of pyridine rings is 1. The second kappa shape index (κ2) is 12.9. The predicted molar refractivity (Wildman–Crippen MR) is 175 cm³/mol. The van der Waals surface area contributed by atoms with Crippen LogP contribution in [0.2, 0.25) is 0 Å². The Morgan fingerprint density at radius 1 is 0.848 bits per heavy atom. The van der Waals surface area contributed by atoms with E-state index in [1.54, 1.807) is 29.3 Å². The number of ether oxygens (including phenoxy) is 3. The maximum absolute atomic E-state index is 13.3. The first-order valence-electron chi connectivity index (χ1n) is 15.7. The lowest BCUT2D eigenvalue weighted by atomic mass is 9.88. The van der Waals surface area contributed by atoms with Gasteiger partial charge in [-0.15, -0.1) is 0 Å². The number of carbonyl (C=O) groups excluding carboxylic acids is 3. The van der Waals surface area contributed by atoms with Gasteiger partial charge in [0.25, 0.3) is 0 Å². The van der Waals surface area contributed by atoms with Gasteiger partial charge in [0.2, 0.25) is 0 Å². The zero-order chi connectivity index (χ0) is 32.4. The highest BCUT2D eigenvalue weighted by Gasteiger charge is 2.54. The van der Waals surface area contributed by atoms with E-state index in [4.69, 9.17) is 14.2 Å². The predicted octanol–water partition coefficient (Wildman–Crippen LogP) is 6.23. The van der Waals surface area contributed by atoms with Crippen molar-refractivity contribution in [2.75, 3.05) is 20.2 Å². The minimum Gasteiger partial charge on any atom is -0.493 e. The molecular formula is C37H39N3O6. The van der Waals surface area contributed by atoms with Crippen LogP contribution in [0.1, 0.15) is 43.4 Å². The number of aromatic nitrogens is 1. The van der Waals surface area contributed by atoms with Gasteiger partial charge >= 0.3 is 6.09 Å². The molecule has 1 amide bonds. The molecule has 9 heteroatoms. The molecule has 0 spiro atoms. The molecule has 9 nitrogen and oxygen atoms in total. The molecule has 1 saturated heterocycles. The molecule has 4 aromatic rings. The summed E-state index contributed by atoms with van der Waals surface area (Å²) in [5.41, 5.74) is 2.63. The highest BCUT2D eigenvalue weighted by molar-refractivity contribution is 6.11. The number of ketones is 2. The van der Waals surface area contributed by atoms with Crippen LogP contribution in [0.3, 0.4) is 0 Å². The van der Waals surface area contributed by atoms with Crippen LogP contribution in [0.25, 0.3) is 10.9 Å². The summed E-state index contributed by atoms with van der Waals surface area (Å²) < 4.78 is 17.6. The molecule has 46 heavy (non-hydrogen) atoms. The molecule has 6 rings (SSSR count). The van der Waals surface area contributed by atoms with Gasteiger partial charge in [0.15, 0.2) is 23.1 Å². The summed E-state index contributed by atoms with van der Waals surface area (Å²) >= 11 is 0. The van der Waals surface area contributed by atoms with Crippen LogP contribution in [-0.4, -0.2) is 59.8 Å². The number of hydrogen-bond acceptors (Lipinski definition) is 8. The Hall–Kier alpha value is -4.76. The second-order valence-electron chi connectivity index (χ2n) is 12.5. The summed E-state index contributed by atoms with van der Waals surface area (Å²) in [7, 11) is 1.52.